The van der Waals surface area contributed by atoms with E-state index in [4.69, 9.17) is 10.5 Å². The largest absolute Gasteiger partial charge is 0.384 e. The number of hydrogen-bond donors (Lipinski definition) is 1. The number of nitrogens with zero attached hydrogens (tertiary/aromatic N) is 2. The lowest BCUT2D eigenvalue weighted by Crippen LogP contribution is -2.26. The monoisotopic (exact) mass is 167 g/mol. The second-order valence-electron chi connectivity index (χ2n) is 3.11. The molecule has 1 aromatic heterocycles. The van der Waals surface area contributed by atoms with Crippen molar-refractivity contribution in [2.75, 3.05) is 12.8 Å². The molecule has 66 valence electrons. The molecule has 0 amide bonds. The molecular formula is C8H13N3O. The van der Waals surface area contributed by atoms with Crippen molar-refractivity contribution in [3.05, 3.63) is 12.0 Å². The number of anilines is 1. The van der Waals surface area contributed by atoms with Gasteiger partial charge in [-0.15, -0.1) is 0 Å². The zero-order valence-corrected chi connectivity index (χ0v) is 7.16. The van der Waals surface area contributed by atoms with Gasteiger partial charge in [0, 0.05) is 13.5 Å². The van der Waals surface area contributed by atoms with Crippen LogP contribution in [0.5, 0.6) is 0 Å². The number of fused-ring (bicyclic) bond motifs is 1. The molecule has 0 bridgehead atoms. The average Bonchev–Trinajstić information content (AvgIpc) is 2.47. The van der Waals surface area contributed by atoms with Gasteiger partial charge >= 0.3 is 0 Å². The Kier molecular flexibility index (Phi) is 1.77. The van der Waals surface area contributed by atoms with E-state index in [1.54, 1.807) is 13.3 Å². The average molecular weight is 167 g/mol. The smallest absolute Gasteiger partial charge is 0.123 e. The fourth-order valence-corrected chi connectivity index (χ4v) is 1.62. The third kappa shape index (κ3) is 1.08. The van der Waals surface area contributed by atoms with Crippen molar-refractivity contribution in [1.82, 2.24) is 9.55 Å². The van der Waals surface area contributed by atoms with E-state index in [-0.39, 0.29) is 0 Å². The molecule has 4 heteroatoms. The SMILES string of the molecule is COC1CCc2ncc(N)n2C1. The molecule has 0 saturated carbocycles. The van der Waals surface area contributed by atoms with Crippen molar-refractivity contribution in [3.63, 3.8) is 0 Å². The Bertz CT molecular complexity index is 282. The summed E-state index contributed by atoms with van der Waals surface area (Å²) in [7, 11) is 1.74. The van der Waals surface area contributed by atoms with Crippen LogP contribution < -0.4 is 5.73 Å². The molecule has 2 heterocycles. The van der Waals surface area contributed by atoms with Gasteiger partial charge < -0.3 is 15.0 Å². The van der Waals surface area contributed by atoms with Crippen LogP contribution in [0.1, 0.15) is 12.2 Å². The molecule has 2 N–H and O–H groups in total. The van der Waals surface area contributed by atoms with Crippen LogP contribution in [0.4, 0.5) is 5.82 Å². The third-order valence-electron chi connectivity index (χ3n) is 2.38. The highest BCUT2D eigenvalue weighted by Gasteiger charge is 2.19. The van der Waals surface area contributed by atoms with Crippen molar-refractivity contribution in [1.29, 1.82) is 0 Å². The van der Waals surface area contributed by atoms with Crippen LogP contribution in [0.3, 0.4) is 0 Å². The summed E-state index contributed by atoms with van der Waals surface area (Å²) >= 11 is 0. The summed E-state index contributed by atoms with van der Waals surface area (Å²) in [4.78, 5) is 4.21. The van der Waals surface area contributed by atoms with Gasteiger partial charge in [-0.1, -0.05) is 0 Å². The Balaban J connectivity index is 2.26. The van der Waals surface area contributed by atoms with Gasteiger partial charge in [0.15, 0.2) is 0 Å². The van der Waals surface area contributed by atoms with E-state index in [1.807, 2.05) is 4.57 Å². The number of ether oxygens (including phenoxy) is 1. The van der Waals surface area contributed by atoms with Crippen molar-refractivity contribution < 1.29 is 4.74 Å². The second-order valence-corrected chi connectivity index (χ2v) is 3.11. The first-order chi connectivity index (χ1) is 5.81. The van der Waals surface area contributed by atoms with Crippen molar-refractivity contribution in [2.45, 2.75) is 25.5 Å². The van der Waals surface area contributed by atoms with Crippen LogP contribution >= 0.6 is 0 Å². The molecule has 0 radical (unpaired) electrons. The lowest BCUT2D eigenvalue weighted by atomic mass is 10.1. The molecule has 0 aliphatic carbocycles. The van der Waals surface area contributed by atoms with Crippen LogP contribution in [0.2, 0.25) is 0 Å². The van der Waals surface area contributed by atoms with E-state index in [0.717, 1.165) is 31.0 Å². The van der Waals surface area contributed by atoms with Crippen molar-refractivity contribution >= 4 is 5.82 Å². The maximum Gasteiger partial charge on any atom is 0.123 e. The maximum absolute atomic E-state index is 5.72. The first kappa shape index (κ1) is 7.61. The number of hydrogen-bond acceptors (Lipinski definition) is 3. The predicted octanol–water partition coefficient (Wildman–Crippen LogP) is 0.426. The first-order valence-corrected chi connectivity index (χ1v) is 4.14. The van der Waals surface area contributed by atoms with Gasteiger partial charge in [0.05, 0.1) is 18.8 Å². The van der Waals surface area contributed by atoms with Crippen LogP contribution in [0, 0.1) is 0 Å². The molecule has 1 aromatic rings. The Morgan fingerprint density at radius 2 is 2.58 bits per heavy atom. The lowest BCUT2D eigenvalue weighted by molar-refractivity contribution is 0.0712. The highest BCUT2D eigenvalue weighted by atomic mass is 16.5. The van der Waals surface area contributed by atoms with E-state index < -0.39 is 0 Å². The maximum atomic E-state index is 5.72. The minimum Gasteiger partial charge on any atom is -0.384 e. The highest BCUT2D eigenvalue weighted by Crippen LogP contribution is 2.18. The highest BCUT2D eigenvalue weighted by molar-refractivity contribution is 5.28. The summed E-state index contributed by atoms with van der Waals surface area (Å²) in [5.74, 6) is 1.83. The summed E-state index contributed by atoms with van der Waals surface area (Å²) in [6.45, 7) is 0.845. The molecule has 1 unspecified atom stereocenters. The van der Waals surface area contributed by atoms with Crippen molar-refractivity contribution in [3.8, 4) is 0 Å². The Labute approximate surface area is 71.3 Å². The molecule has 0 saturated heterocycles. The Morgan fingerprint density at radius 1 is 1.75 bits per heavy atom. The normalized spacial score (nSPS) is 22.2. The van der Waals surface area contributed by atoms with E-state index in [9.17, 15) is 0 Å². The Morgan fingerprint density at radius 3 is 3.33 bits per heavy atom. The molecule has 12 heavy (non-hydrogen) atoms. The summed E-state index contributed by atoms with van der Waals surface area (Å²) in [5.41, 5.74) is 5.72. The van der Waals surface area contributed by atoms with E-state index in [0.29, 0.717) is 6.10 Å². The van der Waals surface area contributed by atoms with Gasteiger partial charge in [0.2, 0.25) is 0 Å². The molecule has 1 atom stereocenters. The number of aromatic nitrogens is 2. The zero-order valence-electron chi connectivity index (χ0n) is 7.16. The minimum absolute atomic E-state index is 0.300. The molecule has 0 spiro atoms. The fourth-order valence-electron chi connectivity index (χ4n) is 1.62. The lowest BCUT2D eigenvalue weighted by Gasteiger charge is -2.22. The van der Waals surface area contributed by atoms with E-state index in [1.165, 1.54) is 0 Å². The predicted molar refractivity (Wildman–Crippen MR) is 45.8 cm³/mol. The molecule has 0 aromatic carbocycles. The molecular weight excluding hydrogens is 154 g/mol. The Hall–Kier alpha value is -1.03. The molecule has 1 aliphatic heterocycles. The van der Waals surface area contributed by atoms with Gasteiger partial charge in [-0.3, -0.25) is 0 Å². The third-order valence-corrected chi connectivity index (χ3v) is 2.38. The van der Waals surface area contributed by atoms with Gasteiger partial charge in [-0.25, -0.2) is 4.98 Å². The summed E-state index contributed by atoms with van der Waals surface area (Å²) in [6, 6.07) is 0. The van der Waals surface area contributed by atoms with Crippen molar-refractivity contribution in [2.24, 2.45) is 0 Å². The minimum atomic E-state index is 0.300. The number of imidazole rings is 1. The number of methoxy groups -OCH3 is 1. The molecule has 4 nitrogen and oxygen atoms in total. The van der Waals surface area contributed by atoms with E-state index >= 15 is 0 Å². The number of aryl methyl sites for hydroxylation is 1. The van der Waals surface area contributed by atoms with Crippen LogP contribution in [0.25, 0.3) is 0 Å². The molecule has 1 aliphatic rings. The second kappa shape index (κ2) is 2.79. The number of nitrogens with two attached hydrogens (primary N) is 1. The zero-order chi connectivity index (χ0) is 8.55. The van der Waals surface area contributed by atoms with Gasteiger partial charge in [0.25, 0.3) is 0 Å². The number of rotatable bonds is 1. The van der Waals surface area contributed by atoms with Crippen LogP contribution in [-0.4, -0.2) is 22.8 Å². The quantitative estimate of drug-likeness (QED) is 0.659. The standard InChI is InChI=1S/C8H13N3O/c1-12-6-2-3-8-10-4-7(9)11(8)5-6/h4,6H,2-3,5,9H2,1H3. The van der Waals surface area contributed by atoms with Crippen LogP contribution in [-0.2, 0) is 17.7 Å². The summed E-state index contributed by atoms with van der Waals surface area (Å²) in [5, 5.41) is 0. The van der Waals surface area contributed by atoms with Gasteiger partial charge in [-0.05, 0) is 6.42 Å². The molecule has 2 rings (SSSR count). The summed E-state index contributed by atoms with van der Waals surface area (Å²) in [6.07, 6.45) is 4.03. The van der Waals surface area contributed by atoms with Crippen LogP contribution in [0.15, 0.2) is 6.20 Å². The van der Waals surface area contributed by atoms with Gasteiger partial charge in [-0.2, -0.15) is 0 Å². The number of nitrogen functional groups attached to an aromatic ring is 1. The van der Waals surface area contributed by atoms with Gasteiger partial charge in [0.1, 0.15) is 11.6 Å². The summed E-state index contributed by atoms with van der Waals surface area (Å²) < 4.78 is 7.29. The molecule has 0 fully saturated rings. The first-order valence-electron chi connectivity index (χ1n) is 4.14. The fraction of sp³-hybridized carbons (Fsp3) is 0.625. The topological polar surface area (TPSA) is 53.1 Å². The van der Waals surface area contributed by atoms with E-state index in [2.05, 4.69) is 4.98 Å².